The number of hydrogen-bond acceptors (Lipinski definition) is 3. The highest BCUT2D eigenvalue weighted by molar-refractivity contribution is 14.0. The lowest BCUT2D eigenvalue weighted by molar-refractivity contribution is 0.138. The van der Waals surface area contributed by atoms with Crippen molar-refractivity contribution in [2.75, 3.05) is 33.2 Å². The molecule has 0 aliphatic carbocycles. The molecule has 0 saturated carbocycles. The maximum absolute atomic E-state index is 4.40. The maximum Gasteiger partial charge on any atom is 0.191 e. The number of likely N-dealkylation sites (tertiary alicyclic amines) is 1. The molecule has 158 valence electrons. The van der Waals surface area contributed by atoms with Gasteiger partial charge in [0.25, 0.3) is 0 Å². The quantitative estimate of drug-likeness (QED) is 0.340. The Morgan fingerprint density at radius 3 is 2.48 bits per heavy atom. The average molecular weight is 507 g/mol. The summed E-state index contributed by atoms with van der Waals surface area (Å²) in [5, 5.41) is 6.95. The molecular weight excluding hydrogens is 473 g/mol. The van der Waals surface area contributed by atoms with Gasteiger partial charge in [-0.2, -0.15) is 0 Å². The predicted molar refractivity (Wildman–Crippen MR) is 132 cm³/mol. The van der Waals surface area contributed by atoms with Crippen molar-refractivity contribution in [1.82, 2.24) is 20.5 Å². The van der Waals surface area contributed by atoms with Crippen LogP contribution in [0.1, 0.15) is 37.1 Å². The summed E-state index contributed by atoms with van der Waals surface area (Å²) in [6, 6.07) is 17.2. The molecular formula is C23H34IN5. The second-order valence-corrected chi connectivity index (χ2v) is 7.60. The molecule has 2 aromatic rings. The van der Waals surface area contributed by atoms with Gasteiger partial charge in [-0.3, -0.25) is 14.9 Å². The Balaban J connectivity index is 0.00000300. The summed E-state index contributed by atoms with van der Waals surface area (Å²) in [5.41, 5.74) is 2.46. The molecule has 2 N–H and O–H groups in total. The number of benzene rings is 1. The van der Waals surface area contributed by atoms with E-state index in [9.17, 15) is 0 Å². The molecule has 1 aromatic heterocycles. The molecule has 1 unspecified atom stereocenters. The Morgan fingerprint density at radius 2 is 1.83 bits per heavy atom. The number of pyridine rings is 1. The van der Waals surface area contributed by atoms with E-state index < -0.39 is 0 Å². The largest absolute Gasteiger partial charge is 0.356 e. The minimum absolute atomic E-state index is 0. The van der Waals surface area contributed by atoms with Crippen LogP contribution in [0.2, 0.25) is 0 Å². The standard InChI is InChI=1S/C23H33N5.HI/c1-19-12-16-28(17-13-19)22(20-8-4-3-5-9-20)18-27-23(24-2)26-15-11-21-10-6-7-14-25-21;/h3-10,14,19,22H,11-13,15-18H2,1-2H3,(H2,24,26,27);1H. The number of piperidine rings is 1. The van der Waals surface area contributed by atoms with Crippen LogP contribution in [0.4, 0.5) is 0 Å². The zero-order valence-corrected chi connectivity index (χ0v) is 19.9. The SMILES string of the molecule is CN=C(NCCc1ccccn1)NCC(c1ccccc1)N1CCC(C)CC1.I. The van der Waals surface area contributed by atoms with Crippen LogP contribution in [0.25, 0.3) is 0 Å². The summed E-state index contributed by atoms with van der Waals surface area (Å²) >= 11 is 0. The molecule has 1 aromatic carbocycles. The molecule has 0 amide bonds. The molecule has 0 radical (unpaired) electrons. The monoisotopic (exact) mass is 507 g/mol. The van der Waals surface area contributed by atoms with Crippen LogP contribution < -0.4 is 10.6 Å². The van der Waals surface area contributed by atoms with E-state index in [4.69, 9.17) is 0 Å². The lowest BCUT2D eigenvalue weighted by Gasteiger charge is -2.37. The van der Waals surface area contributed by atoms with Crippen molar-refractivity contribution in [3.63, 3.8) is 0 Å². The first-order chi connectivity index (χ1) is 13.8. The van der Waals surface area contributed by atoms with Crippen molar-refractivity contribution in [2.24, 2.45) is 10.9 Å². The fourth-order valence-electron chi connectivity index (χ4n) is 3.74. The van der Waals surface area contributed by atoms with Crippen molar-refractivity contribution in [3.05, 3.63) is 66.0 Å². The fraction of sp³-hybridized carbons (Fsp3) is 0.478. The molecule has 0 spiro atoms. The van der Waals surface area contributed by atoms with Gasteiger partial charge in [0.2, 0.25) is 0 Å². The highest BCUT2D eigenvalue weighted by Crippen LogP contribution is 2.26. The third-order valence-electron chi connectivity index (χ3n) is 5.53. The molecule has 0 bridgehead atoms. The summed E-state index contributed by atoms with van der Waals surface area (Å²) in [4.78, 5) is 11.4. The fourth-order valence-corrected chi connectivity index (χ4v) is 3.74. The number of halogens is 1. The van der Waals surface area contributed by atoms with Crippen LogP contribution >= 0.6 is 24.0 Å². The van der Waals surface area contributed by atoms with E-state index >= 15 is 0 Å². The van der Waals surface area contributed by atoms with Crippen LogP contribution in [0.5, 0.6) is 0 Å². The van der Waals surface area contributed by atoms with Crippen LogP contribution in [-0.4, -0.2) is 49.1 Å². The summed E-state index contributed by atoms with van der Waals surface area (Å²) < 4.78 is 0. The zero-order valence-electron chi connectivity index (χ0n) is 17.6. The Morgan fingerprint density at radius 1 is 1.10 bits per heavy atom. The van der Waals surface area contributed by atoms with Crippen LogP contribution in [-0.2, 0) is 6.42 Å². The van der Waals surface area contributed by atoms with Gasteiger partial charge in [0, 0.05) is 38.4 Å². The van der Waals surface area contributed by atoms with Gasteiger partial charge in [0.15, 0.2) is 5.96 Å². The summed E-state index contributed by atoms with van der Waals surface area (Å²) in [6.45, 7) is 6.35. The van der Waals surface area contributed by atoms with Gasteiger partial charge >= 0.3 is 0 Å². The van der Waals surface area contributed by atoms with Gasteiger partial charge in [-0.15, -0.1) is 24.0 Å². The summed E-state index contributed by atoms with van der Waals surface area (Å²) in [6.07, 6.45) is 5.28. The lowest BCUT2D eigenvalue weighted by Crippen LogP contribution is -2.45. The minimum Gasteiger partial charge on any atom is -0.356 e. The van der Waals surface area contributed by atoms with Crippen LogP contribution in [0.3, 0.4) is 0 Å². The van der Waals surface area contributed by atoms with E-state index in [0.717, 1.165) is 50.2 Å². The molecule has 1 atom stereocenters. The van der Waals surface area contributed by atoms with E-state index in [1.807, 2.05) is 25.4 Å². The Labute approximate surface area is 192 Å². The number of rotatable bonds is 7. The third kappa shape index (κ3) is 7.59. The van der Waals surface area contributed by atoms with Crippen molar-refractivity contribution in [2.45, 2.75) is 32.2 Å². The van der Waals surface area contributed by atoms with Gasteiger partial charge in [-0.05, 0) is 49.5 Å². The first-order valence-electron chi connectivity index (χ1n) is 10.4. The number of guanidine groups is 1. The normalized spacial score (nSPS) is 16.7. The molecule has 6 heteroatoms. The smallest absolute Gasteiger partial charge is 0.191 e. The average Bonchev–Trinajstić information content (AvgIpc) is 2.75. The minimum atomic E-state index is 0. The van der Waals surface area contributed by atoms with Gasteiger partial charge in [-0.25, -0.2) is 0 Å². The van der Waals surface area contributed by atoms with E-state index in [-0.39, 0.29) is 24.0 Å². The number of aliphatic imine (C=N–C) groups is 1. The van der Waals surface area contributed by atoms with E-state index in [0.29, 0.717) is 6.04 Å². The summed E-state index contributed by atoms with van der Waals surface area (Å²) in [5.74, 6) is 1.68. The molecule has 1 saturated heterocycles. The van der Waals surface area contributed by atoms with Crippen LogP contribution in [0.15, 0.2) is 59.7 Å². The number of nitrogens with one attached hydrogen (secondary N) is 2. The van der Waals surface area contributed by atoms with Gasteiger partial charge in [0.05, 0.1) is 6.04 Å². The Bertz CT molecular complexity index is 715. The van der Waals surface area contributed by atoms with Gasteiger partial charge in [-0.1, -0.05) is 43.3 Å². The topological polar surface area (TPSA) is 52.6 Å². The number of nitrogens with zero attached hydrogens (tertiary/aromatic N) is 3. The molecule has 1 fully saturated rings. The molecule has 2 heterocycles. The Kier molecular flexibility index (Phi) is 10.4. The molecule has 5 nitrogen and oxygen atoms in total. The zero-order chi connectivity index (χ0) is 19.6. The molecule has 29 heavy (non-hydrogen) atoms. The van der Waals surface area contributed by atoms with Crippen molar-refractivity contribution in [3.8, 4) is 0 Å². The Hall–Kier alpha value is -1.67. The van der Waals surface area contributed by atoms with Gasteiger partial charge in [0.1, 0.15) is 0 Å². The second kappa shape index (κ2) is 12.8. The first-order valence-corrected chi connectivity index (χ1v) is 10.4. The van der Waals surface area contributed by atoms with E-state index in [1.165, 1.54) is 18.4 Å². The highest BCUT2D eigenvalue weighted by Gasteiger charge is 2.24. The number of aromatic nitrogens is 1. The molecule has 3 rings (SSSR count). The second-order valence-electron chi connectivity index (χ2n) is 7.60. The lowest BCUT2D eigenvalue weighted by atomic mass is 9.95. The molecule has 1 aliphatic rings. The summed E-state index contributed by atoms with van der Waals surface area (Å²) in [7, 11) is 1.83. The van der Waals surface area contributed by atoms with Crippen LogP contribution in [0, 0.1) is 5.92 Å². The third-order valence-corrected chi connectivity index (χ3v) is 5.53. The van der Waals surface area contributed by atoms with E-state index in [2.05, 4.69) is 68.8 Å². The van der Waals surface area contributed by atoms with Crippen molar-refractivity contribution >= 4 is 29.9 Å². The molecule has 1 aliphatic heterocycles. The maximum atomic E-state index is 4.40. The first kappa shape index (κ1) is 23.6. The van der Waals surface area contributed by atoms with E-state index in [1.54, 1.807) is 0 Å². The number of hydrogen-bond donors (Lipinski definition) is 2. The van der Waals surface area contributed by atoms with Gasteiger partial charge < -0.3 is 10.6 Å². The highest BCUT2D eigenvalue weighted by atomic mass is 127. The van der Waals surface area contributed by atoms with Crippen molar-refractivity contribution < 1.29 is 0 Å². The predicted octanol–water partition coefficient (Wildman–Crippen LogP) is 3.88. The van der Waals surface area contributed by atoms with Crippen molar-refractivity contribution in [1.29, 1.82) is 0 Å².